The predicted molar refractivity (Wildman–Crippen MR) is 126 cm³/mol. The molecule has 1 saturated heterocycles. The molecule has 0 atom stereocenters. The molecule has 4 rings (SSSR count). The second-order valence-electron chi connectivity index (χ2n) is 7.88. The molecule has 0 radical (unpaired) electrons. The number of carbonyl (C=O) groups is 2. The van der Waals surface area contributed by atoms with Crippen LogP contribution in [0.1, 0.15) is 45.5 Å². The highest BCUT2D eigenvalue weighted by Crippen LogP contribution is 2.23. The van der Waals surface area contributed by atoms with Crippen LogP contribution in [0.25, 0.3) is 0 Å². The van der Waals surface area contributed by atoms with Crippen LogP contribution in [-0.4, -0.2) is 34.8 Å². The van der Waals surface area contributed by atoms with Gasteiger partial charge in [-0.05, 0) is 43.0 Å². The molecule has 0 bridgehead atoms. The van der Waals surface area contributed by atoms with Crippen molar-refractivity contribution in [3.63, 3.8) is 0 Å². The second kappa shape index (κ2) is 9.96. The molecule has 7 heteroatoms. The molecule has 7 nitrogen and oxygen atoms in total. The van der Waals surface area contributed by atoms with Crippen LogP contribution in [-0.2, 0) is 6.54 Å². The first-order valence-corrected chi connectivity index (χ1v) is 10.8. The smallest absolute Gasteiger partial charge is 0.253 e. The number of likely N-dealkylation sites (tertiary alicyclic amines) is 1. The molecule has 4 N–H and O–H groups in total. The molecule has 0 aliphatic carbocycles. The van der Waals surface area contributed by atoms with Crippen molar-refractivity contribution in [2.75, 3.05) is 23.7 Å². The van der Waals surface area contributed by atoms with Gasteiger partial charge in [-0.3, -0.25) is 9.59 Å². The summed E-state index contributed by atoms with van der Waals surface area (Å²) in [5.74, 6) is 0.0532. The molecule has 2 aromatic carbocycles. The molecular formula is C25H27N5O2. The summed E-state index contributed by atoms with van der Waals surface area (Å²) in [5, 5.41) is 6.50. The summed E-state index contributed by atoms with van der Waals surface area (Å²) in [6, 6.07) is 19.0. The van der Waals surface area contributed by atoms with Gasteiger partial charge in [0.25, 0.3) is 11.8 Å². The topological polar surface area (TPSA) is 100 Å². The monoisotopic (exact) mass is 429 g/mol. The van der Waals surface area contributed by atoms with Crippen molar-refractivity contribution in [1.82, 2.24) is 9.88 Å². The van der Waals surface area contributed by atoms with Crippen molar-refractivity contribution in [2.24, 2.45) is 5.73 Å². The Kier molecular flexibility index (Phi) is 6.65. The Morgan fingerprint density at radius 2 is 1.75 bits per heavy atom. The lowest BCUT2D eigenvalue weighted by Crippen LogP contribution is -2.35. The molecular weight excluding hydrogens is 402 g/mol. The lowest BCUT2D eigenvalue weighted by Gasteiger charge is -2.26. The standard InChI is InChI=1S/C25H27N5O2/c26-24(31)21-17-28-23(15-22(21)27-16-18-8-3-1-4-9-18)29-20-11-7-10-19(14-20)25(32)30-12-5-2-6-13-30/h1,3-4,7-11,14-15,17H,2,5-6,12-13,16H2,(H2,26,31)(H2,27,28,29). The lowest BCUT2D eigenvalue weighted by atomic mass is 10.1. The van der Waals surface area contributed by atoms with Gasteiger partial charge in [-0.25, -0.2) is 4.98 Å². The number of nitrogens with two attached hydrogens (primary N) is 1. The molecule has 2 amide bonds. The molecule has 1 aromatic heterocycles. The molecule has 2 heterocycles. The molecule has 32 heavy (non-hydrogen) atoms. The van der Waals surface area contributed by atoms with E-state index < -0.39 is 5.91 Å². The minimum absolute atomic E-state index is 0.0515. The summed E-state index contributed by atoms with van der Waals surface area (Å²) in [6.07, 6.45) is 4.75. The van der Waals surface area contributed by atoms with Crippen LogP contribution in [0, 0.1) is 0 Å². The largest absolute Gasteiger partial charge is 0.380 e. The summed E-state index contributed by atoms with van der Waals surface area (Å²) in [4.78, 5) is 30.9. The van der Waals surface area contributed by atoms with Gasteiger partial charge in [0.1, 0.15) is 5.82 Å². The summed E-state index contributed by atoms with van der Waals surface area (Å²) in [6.45, 7) is 2.16. The van der Waals surface area contributed by atoms with E-state index in [0.29, 0.717) is 29.2 Å². The SMILES string of the molecule is NC(=O)c1cnc(Nc2cccc(C(=O)N3CCCCC3)c2)cc1NCc1ccccc1. The van der Waals surface area contributed by atoms with E-state index in [9.17, 15) is 9.59 Å². The average molecular weight is 430 g/mol. The fourth-order valence-corrected chi connectivity index (χ4v) is 3.82. The number of carbonyl (C=O) groups excluding carboxylic acids is 2. The van der Waals surface area contributed by atoms with Crippen LogP contribution >= 0.6 is 0 Å². The van der Waals surface area contributed by atoms with Crippen LogP contribution < -0.4 is 16.4 Å². The Morgan fingerprint density at radius 1 is 0.969 bits per heavy atom. The maximum atomic E-state index is 12.8. The van der Waals surface area contributed by atoms with E-state index in [1.165, 1.54) is 12.6 Å². The van der Waals surface area contributed by atoms with Gasteiger partial charge in [-0.1, -0.05) is 36.4 Å². The highest BCUT2D eigenvalue weighted by Gasteiger charge is 2.18. The predicted octanol–water partition coefficient (Wildman–Crippen LogP) is 4.16. The van der Waals surface area contributed by atoms with Gasteiger partial charge in [-0.15, -0.1) is 0 Å². The van der Waals surface area contributed by atoms with Crippen molar-refractivity contribution in [3.05, 3.63) is 83.6 Å². The van der Waals surface area contributed by atoms with Crippen molar-refractivity contribution in [3.8, 4) is 0 Å². The van der Waals surface area contributed by atoms with E-state index in [-0.39, 0.29) is 5.91 Å². The zero-order valence-corrected chi connectivity index (χ0v) is 17.9. The van der Waals surface area contributed by atoms with E-state index in [1.54, 1.807) is 6.07 Å². The van der Waals surface area contributed by atoms with E-state index in [1.807, 2.05) is 59.5 Å². The Labute approximate surface area is 187 Å². The molecule has 0 saturated carbocycles. The van der Waals surface area contributed by atoms with Crippen molar-refractivity contribution < 1.29 is 9.59 Å². The first-order valence-electron chi connectivity index (χ1n) is 10.8. The van der Waals surface area contributed by atoms with Crippen LogP contribution in [0.2, 0.25) is 0 Å². The van der Waals surface area contributed by atoms with Crippen LogP contribution in [0.3, 0.4) is 0 Å². The third kappa shape index (κ3) is 5.24. The number of pyridine rings is 1. The molecule has 1 aliphatic heterocycles. The number of nitrogens with one attached hydrogen (secondary N) is 2. The van der Waals surface area contributed by atoms with Gasteiger partial charge < -0.3 is 21.3 Å². The summed E-state index contributed by atoms with van der Waals surface area (Å²) < 4.78 is 0. The lowest BCUT2D eigenvalue weighted by molar-refractivity contribution is 0.0724. The Balaban J connectivity index is 1.51. The second-order valence-corrected chi connectivity index (χ2v) is 7.88. The van der Waals surface area contributed by atoms with E-state index in [4.69, 9.17) is 5.73 Å². The van der Waals surface area contributed by atoms with Gasteiger partial charge in [0.15, 0.2) is 0 Å². The van der Waals surface area contributed by atoms with Gasteiger partial charge in [0.05, 0.1) is 11.3 Å². The number of hydrogen-bond acceptors (Lipinski definition) is 5. The molecule has 0 spiro atoms. The van der Waals surface area contributed by atoms with Crippen molar-refractivity contribution in [2.45, 2.75) is 25.8 Å². The van der Waals surface area contributed by atoms with E-state index >= 15 is 0 Å². The highest BCUT2D eigenvalue weighted by atomic mass is 16.2. The maximum Gasteiger partial charge on any atom is 0.253 e. The Hall–Kier alpha value is -3.87. The fraction of sp³-hybridized carbons (Fsp3) is 0.240. The van der Waals surface area contributed by atoms with E-state index in [2.05, 4.69) is 15.6 Å². The summed E-state index contributed by atoms with van der Waals surface area (Å²) in [5.41, 5.74) is 8.92. The summed E-state index contributed by atoms with van der Waals surface area (Å²) in [7, 11) is 0. The third-order valence-electron chi connectivity index (χ3n) is 5.52. The van der Waals surface area contributed by atoms with Crippen LogP contribution in [0.4, 0.5) is 17.2 Å². The van der Waals surface area contributed by atoms with Crippen LogP contribution in [0.15, 0.2) is 66.9 Å². The fourth-order valence-electron chi connectivity index (χ4n) is 3.82. The quantitative estimate of drug-likeness (QED) is 0.524. The number of amides is 2. The number of benzene rings is 2. The number of hydrogen-bond donors (Lipinski definition) is 3. The minimum Gasteiger partial charge on any atom is -0.380 e. The third-order valence-corrected chi connectivity index (χ3v) is 5.52. The van der Waals surface area contributed by atoms with Crippen molar-refractivity contribution in [1.29, 1.82) is 0 Å². The van der Waals surface area contributed by atoms with Gasteiger partial charge in [0, 0.05) is 43.1 Å². The maximum absolute atomic E-state index is 12.8. The zero-order valence-electron chi connectivity index (χ0n) is 17.9. The number of aromatic nitrogens is 1. The number of rotatable bonds is 7. The first kappa shape index (κ1) is 21.4. The average Bonchev–Trinajstić information content (AvgIpc) is 2.83. The normalized spacial score (nSPS) is 13.4. The molecule has 1 fully saturated rings. The molecule has 164 valence electrons. The minimum atomic E-state index is -0.547. The van der Waals surface area contributed by atoms with Crippen LogP contribution in [0.5, 0.6) is 0 Å². The first-order chi connectivity index (χ1) is 15.6. The molecule has 1 aliphatic rings. The van der Waals surface area contributed by atoms with E-state index in [0.717, 1.165) is 37.2 Å². The Morgan fingerprint density at radius 3 is 2.50 bits per heavy atom. The number of piperidine rings is 1. The van der Waals surface area contributed by atoms with Gasteiger partial charge in [0.2, 0.25) is 0 Å². The Bertz CT molecular complexity index is 1090. The number of primary amides is 1. The molecule has 0 unspecified atom stereocenters. The number of anilines is 3. The molecule has 3 aromatic rings. The number of nitrogens with zero attached hydrogens (tertiary/aromatic N) is 2. The van der Waals surface area contributed by atoms with Gasteiger partial charge in [-0.2, -0.15) is 0 Å². The summed E-state index contributed by atoms with van der Waals surface area (Å²) >= 11 is 0. The highest BCUT2D eigenvalue weighted by molar-refractivity contribution is 5.99. The van der Waals surface area contributed by atoms with Gasteiger partial charge >= 0.3 is 0 Å². The van der Waals surface area contributed by atoms with Crippen molar-refractivity contribution >= 4 is 29.0 Å². The zero-order chi connectivity index (χ0) is 22.3.